The summed E-state index contributed by atoms with van der Waals surface area (Å²) in [5.74, 6) is 1.76. The number of rotatable bonds is 6. The Labute approximate surface area is 185 Å². The van der Waals surface area contributed by atoms with Crippen LogP contribution in [0.1, 0.15) is 22.1 Å². The molecule has 2 aromatic rings. The second kappa shape index (κ2) is 10.3. The predicted octanol–water partition coefficient (Wildman–Crippen LogP) is 1.29. The van der Waals surface area contributed by atoms with Gasteiger partial charge in [0.05, 0.1) is 31.1 Å². The second-order valence-corrected chi connectivity index (χ2v) is 8.60. The Morgan fingerprint density at radius 1 is 1.03 bits per heavy atom. The van der Waals surface area contributed by atoms with Crippen LogP contribution in [0.2, 0.25) is 0 Å². The Morgan fingerprint density at radius 3 is 2.45 bits per heavy atom. The van der Waals surface area contributed by atoms with Crippen LogP contribution < -0.4 is 0 Å². The Bertz CT molecular complexity index is 907. The van der Waals surface area contributed by atoms with E-state index in [4.69, 9.17) is 9.26 Å². The van der Waals surface area contributed by atoms with Crippen molar-refractivity contribution in [1.82, 2.24) is 24.8 Å². The van der Waals surface area contributed by atoms with Gasteiger partial charge in [-0.25, -0.2) is 0 Å². The van der Waals surface area contributed by atoms with Crippen LogP contribution in [0.4, 0.5) is 0 Å². The van der Waals surface area contributed by atoms with Crippen molar-refractivity contribution in [1.29, 1.82) is 0 Å². The van der Waals surface area contributed by atoms with Gasteiger partial charge in [0, 0.05) is 44.2 Å². The van der Waals surface area contributed by atoms with Gasteiger partial charge >= 0.3 is 0 Å². The fourth-order valence-corrected chi connectivity index (χ4v) is 4.57. The van der Waals surface area contributed by atoms with E-state index in [1.54, 1.807) is 6.92 Å². The van der Waals surface area contributed by atoms with Gasteiger partial charge in [-0.2, -0.15) is 4.98 Å². The lowest BCUT2D eigenvalue weighted by molar-refractivity contribution is -0.134. The summed E-state index contributed by atoms with van der Waals surface area (Å²) >= 11 is 1.51. The average Bonchev–Trinajstić information content (AvgIpc) is 3.23. The number of hydrogen-bond donors (Lipinski definition) is 0. The fourth-order valence-electron chi connectivity index (χ4n) is 3.69. The number of aryl methyl sites for hydroxylation is 1. The first-order valence-corrected chi connectivity index (χ1v) is 11.5. The second-order valence-electron chi connectivity index (χ2n) is 7.58. The Kier molecular flexibility index (Phi) is 7.21. The lowest BCUT2D eigenvalue weighted by atomic mass is 10.1. The fraction of sp³-hybridized carbons (Fsp3) is 0.524. The summed E-state index contributed by atoms with van der Waals surface area (Å²) in [4.78, 5) is 36.7. The number of morpholine rings is 1. The Hall–Kier alpha value is -2.43. The molecule has 2 amide bonds. The molecule has 9 nitrogen and oxygen atoms in total. The molecule has 0 radical (unpaired) electrons. The number of nitrogens with zero attached hydrogens (tertiary/aromatic N) is 5. The molecular weight excluding hydrogens is 418 g/mol. The van der Waals surface area contributed by atoms with Gasteiger partial charge in [0.2, 0.25) is 11.8 Å². The van der Waals surface area contributed by atoms with Gasteiger partial charge in [-0.1, -0.05) is 17.3 Å². The summed E-state index contributed by atoms with van der Waals surface area (Å²) in [6.07, 6.45) is 0. The van der Waals surface area contributed by atoms with Crippen molar-refractivity contribution in [3.05, 3.63) is 41.5 Å². The molecular formula is C21H27N5O4S. The van der Waals surface area contributed by atoms with Crippen LogP contribution in [-0.2, 0) is 15.3 Å². The van der Waals surface area contributed by atoms with Crippen LogP contribution in [0.5, 0.6) is 0 Å². The van der Waals surface area contributed by atoms with Gasteiger partial charge in [-0.15, -0.1) is 11.8 Å². The minimum absolute atomic E-state index is 0.00918. The molecule has 10 heteroatoms. The molecule has 0 spiro atoms. The molecule has 166 valence electrons. The Morgan fingerprint density at radius 2 is 1.74 bits per heavy atom. The monoisotopic (exact) mass is 445 g/mol. The van der Waals surface area contributed by atoms with Crippen molar-refractivity contribution < 1.29 is 18.8 Å². The quantitative estimate of drug-likeness (QED) is 0.614. The van der Waals surface area contributed by atoms with E-state index in [1.165, 1.54) is 11.8 Å². The average molecular weight is 446 g/mol. The number of hydrogen-bond acceptors (Lipinski definition) is 8. The lowest BCUT2D eigenvalue weighted by Crippen LogP contribution is -2.53. The van der Waals surface area contributed by atoms with Gasteiger partial charge in [0.15, 0.2) is 5.82 Å². The normalized spacial score (nSPS) is 17.7. The highest BCUT2D eigenvalue weighted by Gasteiger charge is 2.27. The van der Waals surface area contributed by atoms with E-state index in [9.17, 15) is 9.59 Å². The van der Waals surface area contributed by atoms with Crippen LogP contribution in [0.25, 0.3) is 0 Å². The largest absolute Gasteiger partial charge is 0.379 e. The summed E-state index contributed by atoms with van der Waals surface area (Å²) in [6, 6.07) is 7.57. The maximum Gasteiger partial charge on any atom is 0.255 e. The van der Waals surface area contributed by atoms with E-state index < -0.39 is 0 Å². The van der Waals surface area contributed by atoms with E-state index in [1.807, 2.05) is 34.1 Å². The van der Waals surface area contributed by atoms with Crippen molar-refractivity contribution in [3.8, 4) is 0 Å². The SMILES string of the molecule is Cc1noc(CSc2ccccc2C(=O)N2CCN(C(=O)CN3CCOCC3)CC2)n1. The molecule has 2 fully saturated rings. The van der Waals surface area contributed by atoms with Gasteiger partial charge in [0.25, 0.3) is 5.91 Å². The molecule has 0 unspecified atom stereocenters. The third-order valence-electron chi connectivity index (χ3n) is 5.42. The minimum atomic E-state index is -0.00918. The molecule has 0 saturated carbocycles. The summed E-state index contributed by atoms with van der Waals surface area (Å²) in [5, 5.41) is 3.80. The van der Waals surface area contributed by atoms with E-state index in [0.717, 1.165) is 18.0 Å². The molecule has 2 aliphatic rings. The van der Waals surface area contributed by atoms with Crippen LogP contribution in [-0.4, -0.2) is 95.7 Å². The number of ether oxygens (including phenoxy) is 1. The molecule has 3 heterocycles. The van der Waals surface area contributed by atoms with Gasteiger partial charge in [0.1, 0.15) is 0 Å². The smallest absolute Gasteiger partial charge is 0.255 e. The molecule has 2 aliphatic heterocycles. The molecule has 2 saturated heterocycles. The van der Waals surface area contributed by atoms with Crippen LogP contribution in [0.3, 0.4) is 0 Å². The van der Waals surface area contributed by atoms with E-state index in [2.05, 4.69) is 15.0 Å². The molecule has 31 heavy (non-hydrogen) atoms. The standard InChI is InChI=1S/C21H27N5O4S/c1-16-22-19(30-23-16)15-31-18-5-3-2-4-17(18)21(28)26-8-6-25(7-9-26)20(27)14-24-10-12-29-13-11-24/h2-5H,6-15H2,1H3. The van der Waals surface area contributed by atoms with E-state index in [0.29, 0.717) is 69.0 Å². The van der Waals surface area contributed by atoms with Crippen LogP contribution in [0.15, 0.2) is 33.7 Å². The van der Waals surface area contributed by atoms with Gasteiger partial charge in [-0.3, -0.25) is 14.5 Å². The molecule has 0 aliphatic carbocycles. The maximum absolute atomic E-state index is 13.2. The Balaban J connectivity index is 1.31. The lowest BCUT2D eigenvalue weighted by Gasteiger charge is -2.36. The number of aromatic nitrogens is 2. The van der Waals surface area contributed by atoms with E-state index in [-0.39, 0.29) is 11.8 Å². The first kappa shape index (κ1) is 21.8. The van der Waals surface area contributed by atoms with Crippen LogP contribution >= 0.6 is 11.8 Å². The molecule has 0 N–H and O–H groups in total. The predicted molar refractivity (Wildman–Crippen MR) is 115 cm³/mol. The zero-order valence-corrected chi connectivity index (χ0v) is 18.5. The number of piperazine rings is 1. The van der Waals surface area contributed by atoms with Crippen molar-refractivity contribution in [2.45, 2.75) is 17.6 Å². The highest BCUT2D eigenvalue weighted by molar-refractivity contribution is 7.98. The molecule has 0 bridgehead atoms. The molecule has 1 aromatic carbocycles. The topological polar surface area (TPSA) is 92.0 Å². The van der Waals surface area contributed by atoms with Crippen molar-refractivity contribution >= 4 is 23.6 Å². The third-order valence-corrected chi connectivity index (χ3v) is 6.48. The molecule has 4 rings (SSSR count). The number of thioether (sulfide) groups is 1. The minimum Gasteiger partial charge on any atom is -0.379 e. The van der Waals surface area contributed by atoms with Crippen LogP contribution in [0, 0.1) is 6.92 Å². The zero-order valence-electron chi connectivity index (χ0n) is 17.7. The van der Waals surface area contributed by atoms with Crippen molar-refractivity contribution in [3.63, 3.8) is 0 Å². The van der Waals surface area contributed by atoms with E-state index >= 15 is 0 Å². The highest BCUT2D eigenvalue weighted by Crippen LogP contribution is 2.27. The van der Waals surface area contributed by atoms with Crippen molar-refractivity contribution in [2.75, 3.05) is 59.0 Å². The molecule has 0 atom stereocenters. The maximum atomic E-state index is 13.2. The number of carbonyl (C=O) groups is 2. The zero-order chi connectivity index (χ0) is 21.6. The van der Waals surface area contributed by atoms with Gasteiger partial charge in [-0.05, 0) is 19.1 Å². The first-order chi connectivity index (χ1) is 15.1. The number of carbonyl (C=O) groups excluding carboxylic acids is 2. The number of benzene rings is 1. The van der Waals surface area contributed by atoms with Gasteiger partial charge < -0.3 is 19.1 Å². The van der Waals surface area contributed by atoms with Crippen molar-refractivity contribution in [2.24, 2.45) is 0 Å². The summed E-state index contributed by atoms with van der Waals surface area (Å²) in [5.41, 5.74) is 0.664. The first-order valence-electron chi connectivity index (χ1n) is 10.5. The summed E-state index contributed by atoms with van der Waals surface area (Å²) in [6.45, 7) is 7.34. The summed E-state index contributed by atoms with van der Waals surface area (Å²) < 4.78 is 10.5. The number of amides is 2. The highest BCUT2D eigenvalue weighted by atomic mass is 32.2. The molecule has 1 aromatic heterocycles. The third kappa shape index (κ3) is 5.63. The summed E-state index contributed by atoms with van der Waals surface area (Å²) in [7, 11) is 0.